The number of aromatic nitrogens is 1. The first kappa shape index (κ1) is 14.6. The zero-order valence-corrected chi connectivity index (χ0v) is 12.0. The predicted molar refractivity (Wildman–Crippen MR) is 73.4 cm³/mol. The number of ether oxygens (including phenoxy) is 1. The second kappa shape index (κ2) is 8.61. The first-order chi connectivity index (χ1) is 8.31. The van der Waals surface area contributed by atoms with E-state index < -0.39 is 0 Å². The van der Waals surface area contributed by atoms with E-state index in [0.29, 0.717) is 6.61 Å². The molecular weight excluding hydrogens is 232 g/mol. The van der Waals surface area contributed by atoms with Crippen LogP contribution in [0.4, 0.5) is 0 Å². The normalized spacial score (nSPS) is 11.0. The van der Waals surface area contributed by atoms with Crippen molar-refractivity contribution >= 4 is 11.3 Å². The largest absolute Gasteiger partial charge is 0.374 e. The van der Waals surface area contributed by atoms with Gasteiger partial charge in [-0.25, -0.2) is 4.98 Å². The first-order valence-electron chi connectivity index (χ1n) is 6.57. The average molecular weight is 256 g/mol. The topological polar surface area (TPSA) is 34.1 Å². The van der Waals surface area contributed by atoms with Crippen LogP contribution >= 0.6 is 11.3 Å². The molecule has 4 heteroatoms. The van der Waals surface area contributed by atoms with Crippen molar-refractivity contribution in [2.24, 2.45) is 0 Å². The molecule has 0 radical (unpaired) electrons. The van der Waals surface area contributed by atoms with E-state index in [1.807, 2.05) is 0 Å². The van der Waals surface area contributed by atoms with Gasteiger partial charge < -0.3 is 10.1 Å². The summed E-state index contributed by atoms with van der Waals surface area (Å²) < 4.78 is 5.55. The van der Waals surface area contributed by atoms with Gasteiger partial charge >= 0.3 is 0 Å². The van der Waals surface area contributed by atoms with Gasteiger partial charge in [0.2, 0.25) is 0 Å². The third kappa shape index (κ3) is 5.15. The van der Waals surface area contributed by atoms with E-state index in [-0.39, 0.29) is 0 Å². The molecule has 0 saturated carbocycles. The lowest BCUT2D eigenvalue weighted by molar-refractivity contribution is 0.121. The molecule has 0 atom stereocenters. The van der Waals surface area contributed by atoms with Gasteiger partial charge in [0.15, 0.2) is 0 Å². The van der Waals surface area contributed by atoms with E-state index in [2.05, 4.69) is 31.1 Å². The Balaban J connectivity index is 2.59. The Bertz CT molecular complexity index is 312. The summed E-state index contributed by atoms with van der Waals surface area (Å²) in [6.07, 6.45) is 3.29. The number of rotatable bonds is 9. The minimum atomic E-state index is 0.668. The third-order valence-electron chi connectivity index (χ3n) is 2.42. The fraction of sp³-hybridized carbons (Fsp3) is 0.769. The highest BCUT2D eigenvalue weighted by molar-refractivity contribution is 7.11. The van der Waals surface area contributed by atoms with Crippen molar-refractivity contribution in [3.63, 3.8) is 0 Å². The summed E-state index contributed by atoms with van der Waals surface area (Å²) in [6.45, 7) is 9.89. The SMILES string of the molecule is CCCOCc1nc(CCC)c(CNCC)s1. The fourth-order valence-corrected chi connectivity index (χ4v) is 2.63. The quantitative estimate of drug-likeness (QED) is 0.689. The van der Waals surface area contributed by atoms with Gasteiger partial charge in [0.1, 0.15) is 5.01 Å². The van der Waals surface area contributed by atoms with Crippen molar-refractivity contribution in [3.05, 3.63) is 15.6 Å². The highest BCUT2D eigenvalue weighted by Crippen LogP contribution is 2.20. The molecule has 1 N–H and O–H groups in total. The van der Waals surface area contributed by atoms with E-state index >= 15 is 0 Å². The van der Waals surface area contributed by atoms with Crippen molar-refractivity contribution in [2.45, 2.75) is 53.2 Å². The zero-order valence-electron chi connectivity index (χ0n) is 11.2. The summed E-state index contributed by atoms with van der Waals surface area (Å²) in [5.41, 5.74) is 1.26. The molecule has 0 aromatic carbocycles. The van der Waals surface area contributed by atoms with Gasteiger partial charge in [-0.2, -0.15) is 0 Å². The Morgan fingerprint density at radius 1 is 1.24 bits per heavy atom. The lowest BCUT2D eigenvalue weighted by atomic mass is 10.2. The van der Waals surface area contributed by atoms with Crippen LogP contribution in [0.3, 0.4) is 0 Å². The molecule has 0 aliphatic rings. The van der Waals surface area contributed by atoms with Gasteiger partial charge in [-0.1, -0.05) is 27.2 Å². The molecule has 1 heterocycles. The van der Waals surface area contributed by atoms with Crippen LogP contribution in [0.2, 0.25) is 0 Å². The van der Waals surface area contributed by atoms with Crippen LogP contribution < -0.4 is 5.32 Å². The Morgan fingerprint density at radius 3 is 2.71 bits per heavy atom. The maximum Gasteiger partial charge on any atom is 0.119 e. The second-order valence-electron chi connectivity index (χ2n) is 4.06. The van der Waals surface area contributed by atoms with E-state index in [1.54, 1.807) is 11.3 Å². The fourth-order valence-electron chi connectivity index (χ4n) is 1.61. The molecule has 1 aromatic rings. The summed E-state index contributed by atoms with van der Waals surface area (Å²) >= 11 is 1.79. The molecule has 3 nitrogen and oxygen atoms in total. The molecule has 1 rings (SSSR count). The monoisotopic (exact) mass is 256 g/mol. The molecule has 1 aromatic heterocycles. The Hall–Kier alpha value is -0.450. The molecule has 0 spiro atoms. The molecule has 0 amide bonds. The Labute approximate surface area is 109 Å². The highest BCUT2D eigenvalue weighted by atomic mass is 32.1. The van der Waals surface area contributed by atoms with Crippen molar-refractivity contribution in [3.8, 4) is 0 Å². The number of aryl methyl sites for hydroxylation is 1. The van der Waals surface area contributed by atoms with Crippen molar-refractivity contribution in [1.29, 1.82) is 0 Å². The molecule has 17 heavy (non-hydrogen) atoms. The summed E-state index contributed by atoms with van der Waals surface area (Å²) in [7, 11) is 0. The van der Waals surface area contributed by atoms with Crippen LogP contribution in [0.25, 0.3) is 0 Å². The molecule has 0 bridgehead atoms. The predicted octanol–water partition coefficient (Wildman–Crippen LogP) is 3.13. The lowest BCUT2D eigenvalue weighted by Gasteiger charge is -2.00. The number of nitrogens with zero attached hydrogens (tertiary/aromatic N) is 1. The van der Waals surface area contributed by atoms with Crippen LogP contribution in [-0.4, -0.2) is 18.1 Å². The smallest absolute Gasteiger partial charge is 0.119 e. The standard InChI is InChI=1S/C13H24N2OS/c1-4-7-11-12(9-14-6-3)17-13(15-11)10-16-8-5-2/h14H,4-10H2,1-3H3. The molecule has 98 valence electrons. The summed E-state index contributed by atoms with van der Waals surface area (Å²) in [5.74, 6) is 0. The summed E-state index contributed by atoms with van der Waals surface area (Å²) in [4.78, 5) is 6.06. The van der Waals surface area contributed by atoms with E-state index in [9.17, 15) is 0 Å². The minimum Gasteiger partial charge on any atom is -0.374 e. The highest BCUT2D eigenvalue weighted by Gasteiger charge is 2.09. The van der Waals surface area contributed by atoms with Crippen molar-refractivity contribution in [1.82, 2.24) is 10.3 Å². The molecule has 0 unspecified atom stereocenters. The minimum absolute atomic E-state index is 0.668. The third-order valence-corrected chi connectivity index (χ3v) is 3.49. The van der Waals surface area contributed by atoms with Gasteiger partial charge in [0.05, 0.1) is 12.3 Å². The van der Waals surface area contributed by atoms with E-state index in [4.69, 9.17) is 4.74 Å². The average Bonchev–Trinajstić information content (AvgIpc) is 2.70. The number of thiazole rings is 1. The Kier molecular flexibility index (Phi) is 7.40. The van der Waals surface area contributed by atoms with Crippen LogP contribution in [0.15, 0.2) is 0 Å². The molecule has 0 saturated heterocycles. The second-order valence-corrected chi connectivity index (χ2v) is 5.23. The van der Waals surface area contributed by atoms with Crippen molar-refractivity contribution in [2.75, 3.05) is 13.2 Å². The maximum atomic E-state index is 5.55. The summed E-state index contributed by atoms with van der Waals surface area (Å²) in [5, 5.41) is 4.49. The van der Waals surface area contributed by atoms with E-state index in [0.717, 1.165) is 44.0 Å². The van der Waals surface area contributed by atoms with Crippen LogP contribution in [0, 0.1) is 0 Å². The first-order valence-corrected chi connectivity index (χ1v) is 7.39. The van der Waals surface area contributed by atoms with Crippen LogP contribution in [-0.2, 0) is 24.3 Å². The van der Waals surface area contributed by atoms with Gasteiger partial charge in [-0.05, 0) is 19.4 Å². The molecule has 0 fully saturated rings. The molecule has 0 aliphatic heterocycles. The van der Waals surface area contributed by atoms with Gasteiger partial charge in [0.25, 0.3) is 0 Å². The molecular formula is C13H24N2OS. The van der Waals surface area contributed by atoms with Crippen molar-refractivity contribution < 1.29 is 4.74 Å². The number of hydrogen-bond acceptors (Lipinski definition) is 4. The molecule has 0 aliphatic carbocycles. The van der Waals surface area contributed by atoms with Gasteiger partial charge in [0, 0.05) is 18.0 Å². The van der Waals surface area contributed by atoms with Crippen LogP contribution in [0.1, 0.15) is 49.2 Å². The lowest BCUT2D eigenvalue weighted by Crippen LogP contribution is -2.11. The van der Waals surface area contributed by atoms with E-state index in [1.165, 1.54) is 10.6 Å². The van der Waals surface area contributed by atoms with Crippen LogP contribution in [0.5, 0.6) is 0 Å². The summed E-state index contributed by atoms with van der Waals surface area (Å²) in [6, 6.07) is 0. The number of hydrogen-bond donors (Lipinski definition) is 1. The number of nitrogens with one attached hydrogen (secondary N) is 1. The van der Waals surface area contributed by atoms with Gasteiger partial charge in [-0.3, -0.25) is 0 Å². The van der Waals surface area contributed by atoms with Gasteiger partial charge in [-0.15, -0.1) is 11.3 Å². The maximum absolute atomic E-state index is 5.55. The zero-order chi connectivity index (χ0) is 12.5. The Morgan fingerprint density at radius 2 is 2.06 bits per heavy atom.